The molecule has 6 nitrogen and oxygen atoms in total. The number of aryl methyl sites for hydroxylation is 2. The molecule has 0 bridgehead atoms. The van der Waals surface area contributed by atoms with Crippen LogP contribution in [0.15, 0.2) is 81.6 Å². The number of hydrogen-bond acceptors (Lipinski definition) is 5. The Bertz CT molecular complexity index is 1490. The maximum absolute atomic E-state index is 13.5. The summed E-state index contributed by atoms with van der Waals surface area (Å²) in [5.74, 6) is 0.465. The number of para-hydroxylation sites is 1. The van der Waals surface area contributed by atoms with Crippen LogP contribution in [0.3, 0.4) is 0 Å². The number of hydrogen-bond donors (Lipinski definition) is 0. The van der Waals surface area contributed by atoms with E-state index in [1.165, 1.54) is 30.2 Å². The van der Waals surface area contributed by atoms with Gasteiger partial charge in [-0.05, 0) is 66.9 Å². The normalized spacial score (nSPS) is 11.9. The first-order valence-electron chi connectivity index (χ1n) is 10.4. The molecule has 0 aliphatic rings. The lowest BCUT2D eigenvalue weighted by Gasteiger charge is -2.15. The van der Waals surface area contributed by atoms with Crippen molar-refractivity contribution >= 4 is 32.7 Å². The second-order valence-electron chi connectivity index (χ2n) is 8.12. The fourth-order valence-electron chi connectivity index (χ4n) is 3.67. The highest BCUT2D eigenvalue weighted by Gasteiger charge is 2.18. The highest BCUT2D eigenvalue weighted by molar-refractivity contribution is 7.98. The van der Waals surface area contributed by atoms with Gasteiger partial charge in [-0.25, -0.2) is 17.7 Å². The van der Waals surface area contributed by atoms with Crippen molar-refractivity contribution in [3.05, 3.63) is 93.8 Å². The Morgan fingerprint density at radius 2 is 1.64 bits per heavy atom. The Hall–Kier alpha value is -2.94. The van der Waals surface area contributed by atoms with Crippen LogP contribution >= 0.6 is 11.8 Å². The first kappa shape index (κ1) is 23.2. The van der Waals surface area contributed by atoms with E-state index in [-0.39, 0.29) is 10.5 Å². The molecule has 0 aliphatic carbocycles. The van der Waals surface area contributed by atoms with Crippen LogP contribution in [0.4, 0.5) is 0 Å². The topological polar surface area (TPSA) is 72.3 Å². The monoisotopic (exact) mass is 479 g/mol. The quantitative estimate of drug-likeness (QED) is 0.300. The fourth-order valence-corrected chi connectivity index (χ4v) is 5.60. The van der Waals surface area contributed by atoms with Gasteiger partial charge >= 0.3 is 0 Å². The van der Waals surface area contributed by atoms with Crippen LogP contribution in [-0.2, 0) is 15.8 Å². The van der Waals surface area contributed by atoms with Crippen LogP contribution in [0.5, 0.6) is 0 Å². The summed E-state index contributed by atoms with van der Waals surface area (Å²) in [6.07, 6.45) is 0. The zero-order valence-electron chi connectivity index (χ0n) is 18.9. The van der Waals surface area contributed by atoms with Gasteiger partial charge in [-0.15, -0.1) is 0 Å². The summed E-state index contributed by atoms with van der Waals surface area (Å²) in [6.45, 7) is 4.00. The van der Waals surface area contributed by atoms with Crippen LogP contribution in [0, 0.1) is 13.8 Å². The van der Waals surface area contributed by atoms with E-state index in [9.17, 15) is 13.2 Å². The lowest BCUT2D eigenvalue weighted by molar-refractivity contribution is 0.520. The van der Waals surface area contributed by atoms with Crippen molar-refractivity contribution in [3.63, 3.8) is 0 Å². The smallest absolute Gasteiger partial charge is 0.266 e. The minimum Gasteiger partial charge on any atom is -0.268 e. The number of fused-ring (bicyclic) bond motifs is 1. The molecule has 0 N–H and O–H groups in total. The first-order valence-corrected chi connectivity index (χ1v) is 12.8. The van der Waals surface area contributed by atoms with Crippen molar-refractivity contribution in [2.45, 2.75) is 29.7 Å². The Morgan fingerprint density at radius 3 is 2.33 bits per heavy atom. The molecule has 0 unspecified atom stereocenters. The predicted molar refractivity (Wildman–Crippen MR) is 134 cm³/mol. The number of thioether (sulfide) groups is 1. The largest absolute Gasteiger partial charge is 0.268 e. The van der Waals surface area contributed by atoms with E-state index in [1.54, 1.807) is 28.8 Å². The second-order valence-corrected chi connectivity index (χ2v) is 11.2. The molecule has 4 aromatic rings. The van der Waals surface area contributed by atoms with E-state index < -0.39 is 10.0 Å². The molecule has 8 heteroatoms. The average Bonchev–Trinajstić information content (AvgIpc) is 2.77. The SMILES string of the molecule is Cc1cc(C)cc(-n2c(SCc3cccc(S(=O)(=O)N(C)C)c3)nc3ccccc3c2=O)c1. The maximum atomic E-state index is 13.5. The van der Waals surface area contributed by atoms with Crippen LogP contribution in [0.2, 0.25) is 0 Å². The van der Waals surface area contributed by atoms with Gasteiger partial charge in [-0.1, -0.05) is 42.1 Å². The molecule has 0 fully saturated rings. The molecule has 0 amide bonds. The number of rotatable bonds is 6. The standard InChI is InChI=1S/C25H25N3O3S2/c1-17-12-18(2)14-20(13-17)28-24(29)22-10-5-6-11-23(22)26-25(28)32-16-19-8-7-9-21(15-19)33(30,31)27(3)4/h5-15H,16H2,1-4H3. The highest BCUT2D eigenvalue weighted by Crippen LogP contribution is 2.26. The van der Waals surface area contributed by atoms with Crippen LogP contribution < -0.4 is 5.56 Å². The number of aromatic nitrogens is 2. The van der Waals surface area contributed by atoms with Crippen LogP contribution in [0.1, 0.15) is 16.7 Å². The van der Waals surface area contributed by atoms with Gasteiger partial charge in [0.05, 0.1) is 21.5 Å². The summed E-state index contributed by atoms with van der Waals surface area (Å²) in [7, 11) is -0.501. The molecule has 3 aromatic carbocycles. The summed E-state index contributed by atoms with van der Waals surface area (Å²) in [6, 6.07) is 20.2. The van der Waals surface area contributed by atoms with Gasteiger partial charge in [0.15, 0.2) is 5.16 Å². The van der Waals surface area contributed by atoms with E-state index in [2.05, 4.69) is 6.07 Å². The van der Waals surface area contributed by atoms with Crippen LogP contribution in [-0.4, -0.2) is 36.4 Å². The molecular weight excluding hydrogens is 454 g/mol. The summed E-state index contributed by atoms with van der Waals surface area (Å²) < 4.78 is 27.9. The third-order valence-electron chi connectivity index (χ3n) is 5.25. The molecular formula is C25H25N3O3S2. The van der Waals surface area contributed by atoms with Crippen molar-refractivity contribution < 1.29 is 8.42 Å². The lowest BCUT2D eigenvalue weighted by atomic mass is 10.1. The van der Waals surface area contributed by atoms with Crippen molar-refractivity contribution in [2.75, 3.05) is 14.1 Å². The van der Waals surface area contributed by atoms with E-state index in [1.807, 2.05) is 50.2 Å². The van der Waals surface area contributed by atoms with E-state index in [4.69, 9.17) is 4.98 Å². The molecule has 1 aromatic heterocycles. The molecule has 0 radical (unpaired) electrons. The Kier molecular flexibility index (Phi) is 6.43. The summed E-state index contributed by atoms with van der Waals surface area (Å²) in [5, 5.41) is 1.12. The molecule has 1 heterocycles. The van der Waals surface area contributed by atoms with Crippen molar-refractivity contribution in [2.24, 2.45) is 0 Å². The van der Waals surface area contributed by atoms with Gasteiger partial charge < -0.3 is 0 Å². The number of benzene rings is 3. The van der Waals surface area contributed by atoms with Crippen molar-refractivity contribution in [1.82, 2.24) is 13.9 Å². The van der Waals surface area contributed by atoms with Crippen LogP contribution in [0.25, 0.3) is 16.6 Å². The Balaban J connectivity index is 1.79. The van der Waals surface area contributed by atoms with Gasteiger partial charge in [0.1, 0.15) is 0 Å². The first-order chi connectivity index (χ1) is 15.7. The molecule has 4 rings (SSSR count). The van der Waals surface area contributed by atoms with Crippen molar-refractivity contribution in [3.8, 4) is 5.69 Å². The third kappa shape index (κ3) is 4.73. The van der Waals surface area contributed by atoms with E-state index in [0.29, 0.717) is 21.8 Å². The highest BCUT2D eigenvalue weighted by atomic mass is 32.2. The average molecular weight is 480 g/mol. The number of nitrogens with zero attached hydrogens (tertiary/aromatic N) is 3. The second kappa shape index (κ2) is 9.13. The van der Waals surface area contributed by atoms with E-state index >= 15 is 0 Å². The summed E-state index contributed by atoms with van der Waals surface area (Å²) in [5.41, 5.74) is 4.22. The molecule has 0 aliphatic heterocycles. The zero-order valence-corrected chi connectivity index (χ0v) is 20.6. The Labute approximate surface area is 198 Å². The summed E-state index contributed by atoms with van der Waals surface area (Å²) in [4.78, 5) is 18.5. The van der Waals surface area contributed by atoms with Gasteiger partial charge in [0.25, 0.3) is 5.56 Å². The van der Waals surface area contributed by atoms with Gasteiger partial charge in [0.2, 0.25) is 10.0 Å². The molecule has 33 heavy (non-hydrogen) atoms. The maximum Gasteiger partial charge on any atom is 0.266 e. The lowest BCUT2D eigenvalue weighted by Crippen LogP contribution is -2.22. The van der Waals surface area contributed by atoms with Gasteiger partial charge in [0, 0.05) is 19.8 Å². The zero-order chi connectivity index (χ0) is 23.8. The van der Waals surface area contributed by atoms with Gasteiger partial charge in [-0.2, -0.15) is 0 Å². The minimum absolute atomic E-state index is 0.128. The third-order valence-corrected chi connectivity index (χ3v) is 8.08. The Morgan fingerprint density at radius 1 is 0.939 bits per heavy atom. The molecule has 170 valence electrons. The molecule has 0 spiro atoms. The number of sulfonamides is 1. The summed E-state index contributed by atoms with van der Waals surface area (Å²) >= 11 is 1.41. The predicted octanol–water partition coefficient (Wildman–Crippen LogP) is 4.55. The fraction of sp³-hybridized carbons (Fsp3) is 0.200. The van der Waals surface area contributed by atoms with E-state index in [0.717, 1.165) is 22.4 Å². The van der Waals surface area contributed by atoms with Gasteiger partial charge in [-0.3, -0.25) is 9.36 Å². The molecule has 0 saturated heterocycles. The minimum atomic E-state index is -3.53. The molecule has 0 saturated carbocycles. The molecule has 0 atom stereocenters. The van der Waals surface area contributed by atoms with Crippen molar-refractivity contribution in [1.29, 1.82) is 0 Å².